The summed E-state index contributed by atoms with van der Waals surface area (Å²) in [7, 11) is 0. The Morgan fingerprint density at radius 3 is 2.59 bits per heavy atom. The summed E-state index contributed by atoms with van der Waals surface area (Å²) < 4.78 is 15.5. The zero-order chi connectivity index (χ0) is 20.5. The third-order valence-corrected chi connectivity index (χ3v) is 4.43. The number of nitrogens with zero attached hydrogens (tertiary/aromatic N) is 4. The Morgan fingerprint density at radius 2 is 1.86 bits per heavy atom. The lowest BCUT2D eigenvalue weighted by atomic mass is 10.1. The first-order valence-corrected chi connectivity index (χ1v) is 9.00. The summed E-state index contributed by atoms with van der Waals surface area (Å²) in [5.41, 5.74) is 2.72. The molecule has 29 heavy (non-hydrogen) atoms. The van der Waals surface area contributed by atoms with E-state index < -0.39 is 11.5 Å². The van der Waals surface area contributed by atoms with Crippen molar-refractivity contribution in [3.63, 3.8) is 0 Å². The van der Waals surface area contributed by atoms with Crippen LogP contribution in [0.15, 0.2) is 59.4 Å². The second kappa shape index (κ2) is 7.31. The standard InChI is InChI=1S/C21H18FN5O2/c1-13-4-3-5-17(10-13)24-20-23-14(2)11-19-25-26(21(29)27(19)20)12-18(28)15-6-8-16(22)9-7-15/h3-11H,12H2,1-2H3,(H,23,24). The second-order valence-electron chi connectivity index (χ2n) is 6.78. The Morgan fingerprint density at radius 1 is 1.10 bits per heavy atom. The lowest BCUT2D eigenvalue weighted by molar-refractivity contribution is 0.0966. The van der Waals surface area contributed by atoms with Gasteiger partial charge in [0.15, 0.2) is 11.4 Å². The molecule has 7 nitrogen and oxygen atoms in total. The molecule has 2 aromatic carbocycles. The maximum atomic E-state index is 13.1. The van der Waals surface area contributed by atoms with Crippen LogP contribution in [0, 0.1) is 19.7 Å². The number of anilines is 2. The van der Waals surface area contributed by atoms with E-state index in [9.17, 15) is 14.0 Å². The van der Waals surface area contributed by atoms with Crippen molar-refractivity contribution in [1.82, 2.24) is 19.2 Å². The fraction of sp³-hybridized carbons (Fsp3) is 0.143. The monoisotopic (exact) mass is 391 g/mol. The summed E-state index contributed by atoms with van der Waals surface area (Å²) >= 11 is 0. The van der Waals surface area contributed by atoms with Crippen LogP contribution in [0.1, 0.15) is 21.6 Å². The van der Waals surface area contributed by atoms with Crippen LogP contribution < -0.4 is 11.0 Å². The summed E-state index contributed by atoms with van der Waals surface area (Å²) in [5.74, 6) is -0.454. The summed E-state index contributed by atoms with van der Waals surface area (Å²) in [6.45, 7) is 3.51. The first-order valence-electron chi connectivity index (χ1n) is 9.00. The van der Waals surface area contributed by atoms with Gasteiger partial charge >= 0.3 is 5.69 Å². The third kappa shape index (κ3) is 3.77. The minimum Gasteiger partial charge on any atom is -0.325 e. The van der Waals surface area contributed by atoms with Crippen molar-refractivity contribution in [3.8, 4) is 0 Å². The molecule has 0 radical (unpaired) electrons. The van der Waals surface area contributed by atoms with Crippen LogP contribution in [-0.4, -0.2) is 24.9 Å². The van der Waals surface area contributed by atoms with Crippen molar-refractivity contribution >= 4 is 23.1 Å². The van der Waals surface area contributed by atoms with Gasteiger partial charge in [0, 0.05) is 23.0 Å². The summed E-state index contributed by atoms with van der Waals surface area (Å²) in [6.07, 6.45) is 0. The number of carbonyl (C=O) groups excluding carboxylic acids is 1. The van der Waals surface area contributed by atoms with Crippen molar-refractivity contribution < 1.29 is 9.18 Å². The predicted molar refractivity (Wildman–Crippen MR) is 107 cm³/mol. The van der Waals surface area contributed by atoms with Gasteiger partial charge in [-0.25, -0.2) is 23.3 Å². The van der Waals surface area contributed by atoms with Gasteiger partial charge in [0.05, 0.1) is 0 Å². The van der Waals surface area contributed by atoms with Gasteiger partial charge in [0.25, 0.3) is 0 Å². The molecule has 2 heterocycles. The number of fused-ring (bicyclic) bond motifs is 1. The van der Waals surface area contributed by atoms with E-state index in [0.717, 1.165) is 15.9 Å². The van der Waals surface area contributed by atoms with Gasteiger partial charge in [-0.1, -0.05) is 12.1 Å². The number of benzene rings is 2. The van der Waals surface area contributed by atoms with E-state index in [0.29, 0.717) is 22.9 Å². The number of Topliss-reactive ketones (excluding diaryl/α,β-unsaturated/α-hetero) is 1. The van der Waals surface area contributed by atoms with E-state index in [1.807, 2.05) is 31.2 Å². The zero-order valence-corrected chi connectivity index (χ0v) is 15.9. The fourth-order valence-electron chi connectivity index (χ4n) is 3.06. The molecule has 1 N–H and O–H groups in total. The van der Waals surface area contributed by atoms with Crippen molar-refractivity contribution in [2.45, 2.75) is 20.4 Å². The molecule has 0 atom stereocenters. The molecule has 146 valence electrons. The third-order valence-electron chi connectivity index (χ3n) is 4.43. The lowest BCUT2D eigenvalue weighted by Gasteiger charge is -2.08. The molecule has 0 saturated heterocycles. The molecule has 0 spiro atoms. The van der Waals surface area contributed by atoms with Crippen molar-refractivity contribution in [3.05, 3.63) is 87.7 Å². The summed E-state index contributed by atoms with van der Waals surface area (Å²) in [5, 5.41) is 7.41. The topological polar surface area (TPSA) is 81.3 Å². The van der Waals surface area contributed by atoms with E-state index in [4.69, 9.17) is 0 Å². The largest absolute Gasteiger partial charge is 0.353 e. The van der Waals surface area contributed by atoms with Crippen LogP contribution in [0.25, 0.3) is 5.65 Å². The first-order chi connectivity index (χ1) is 13.9. The van der Waals surface area contributed by atoms with Crippen molar-refractivity contribution in [2.75, 3.05) is 5.32 Å². The van der Waals surface area contributed by atoms with Crippen LogP contribution in [0.3, 0.4) is 0 Å². The van der Waals surface area contributed by atoms with Crippen molar-refractivity contribution in [2.24, 2.45) is 0 Å². The molecule has 0 fully saturated rings. The highest BCUT2D eigenvalue weighted by Crippen LogP contribution is 2.17. The second-order valence-corrected chi connectivity index (χ2v) is 6.78. The van der Waals surface area contributed by atoms with Gasteiger partial charge in [-0.3, -0.25) is 4.79 Å². The molecule has 0 saturated carbocycles. The highest BCUT2D eigenvalue weighted by molar-refractivity contribution is 5.95. The molecule has 0 bridgehead atoms. The molecule has 8 heteroatoms. The summed E-state index contributed by atoms with van der Waals surface area (Å²) in [6, 6.07) is 14.5. The van der Waals surface area contributed by atoms with Gasteiger partial charge in [0.1, 0.15) is 12.4 Å². The van der Waals surface area contributed by atoms with E-state index >= 15 is 0 Å². The minimum absolute atomic E-state index is 0.255. The van der Waals surface area contributed by atoms with E-state index in [-0.39, 0.29) is 12.3 Å². The van der Waals surface area contributed by atoms with Gasteiger partial charge in [-0.2, -0.15) is 0 Å². The van der Waals surface area contributed by atoms with Gasteiger partial charge in [0.2, 0.25) is 5.95 Å². The molecular formula is C21H18FN5O2. The van der Waals surface area contributed by atoms with E-state index in [2.05, 4.69) is 15.4 Å². The Balaban J connectivity index is 1.72. The lowest BCUT2D eigenvalue weighted by Crippen LogP contribution is -2.26. The number of aryl methyl sites for hydroxylation is 2. The average molecular weight is 391 g/mol. The van der Waals surface area contributed by atoms with E-state index in [1.165, 1.54) is 28.7 Å². The predicted octanol–water partition coefficient (Wildman–Crippen LogP) is 3.27. The maximum absolute atomic E-state index is 13.1. The number of aromatic nitrogens is 4. The molecule has 4 rings (SSSR count). The van der Waals surface area contributed by atoms with Crippen LogP contribution in [0.4, 0.5) is 16.0 Å². The van der Waals surface area contributed by atoms with Gasteiger partial charge in [-0.15, -0.1) is 5.10 Å². The SMILES string of the molecule is Cc1cccc(Nc2nc(C)cc3nn(CC(=O)c4ccc(F)cc4)c(=O)n23)c1. The number of rotatable bonds is 5. The maximum Gasteiger partial charge on any atom is 0.353 e. The van der Waals surface area contributed by atoms with Gasteiger partial charge < -0.3 is 5.32 Å². The first kappa shape index (κ1) is 18.5. The van der Waals surface area contributed by atoms with Crippen LogP contribution in [0.2, 0.25) is 0 Å². The number of hydrogen-bond acceptors (Lipinski definition) is 5. The summed E-state index contributed by atoms with van der Waals surface area (Å²) in [4.78, 5) is 29.8. The number of halogens is 1. The molecular weight excluding hydrogens is 373 g/mol. The highest BCUT2D eigenvalue weighted by atomic mass is 19.1. The fourth-order valence-corrected chi connectivity index (χ4v) is 3.06. The van der Waals surface area contributed by atoms with Crippen LogP contribution in [0.5, 0.6) is 0 Å². The molecule has 0 unspecified atom stereocenters. The Bertz CT molecular complexity index is 1270. The number of nitrogens with one attached hydrogen (secondary N) is 1. The highest BCUT2D eigenvalue weighted by Gasteiger charge is 2.16. The average Bonchev–Trinajstić information content (AvgIpc) is 2.97. The smallest absolute Gasteiger partial charge is 0.325 e. The number of ketones is 1. The molecule has 0 amide bonds. The van der Waals surface area contributed by atoms with Crippen molar-refractivity contribution in [1.29, 1.82) is 0 Å². The molecule has 0 aliphatic rings. The molecule has 2 aromatic heterocycles. The number of carbonyl (C=O) groups is 1. The van der Waals surface area contributed by atoms with Gasteiger partial charge in [-0.05, 0) is 55.8 Å². The Hall–Kier alpha value is -3.81. The van der Waals surface area contributed by atoms with E-state index in [1.54, 1.807) is 13.0 Å². The normalized spacial score (nSPS) is 11.0. The zero-order valence-electron chi connectivity index (χ0n) is 15.9. The minimum atomic E-state index is -0.488. The Kier molecular flexibility index (Phi) is 4.67. The number of hydrogen-bond donors (Lipinski definition) is 1. The van der Waals surface area contributed by atoms with Crippen LogP contribution >= 0.6 is 0 Å². The quantitative estimate of drug-likeness (QED) is 0.528. The molecule has 0 aliphatic heterocycles. The van der Waals surface area contributed by atoms with Crippen LogP contribution in [-0.2, 0) is 6.54 Å². The molecule has 0 aliphatic carbocycles. The Labute approximate surface area is 165 Å². The molecule has 4 aromatic rings.